The van der Waals surface area contributed by atoms with E-state index in [-0.39, 0.29) is 0 Å². The zero-order chi connectivity index (χ0) is 8.39. The molecule has 0 aliphatic carbocycles. The number of hydrogen-bond donors (Lipinski definition) is 2. The summed E-state index contributed by atoms with van der Waals surface area (Å²) < 4.78 is 0. The predicted octanol–water partition coefficient (Wildman–Crippen LogP) is 1.24. The number of fused-ring (bicyclic) bond motifs is 1. The highest BCUT2D eigenvalue weighted by atomic mass is 15.0. The van der Waals surface area contributed by atoms with Crippen molar-refractivity contribution in [3.05, 3.63) is 29.8 Å². The zero-order valence-corrected chi connectivity index (χ0v) is 7.30. The van der Waals surface area contributed by atoms with Gasteiger partial charge in [0.15, 0.2) is 0 Å². The lowest BCUT2D eigenvalue weighted by molar-refractivity contribution is 0.674. The van der Waals surface area contributed by atoms with Gasteiger partial charge in [-0.2, -0.15) is 0 Å². The van der Waals surface area contributed by atoms with Crippen LogP contribution in [0.2, 0.25) is 0 Å². The number of anilines is 1. The van der Waals surface area contributed by atoms with Crippen LogP contribution in [0.15, 0.2) is 24.3 Å². The largest absolute Gasteiger partial charge is 0.380 e. The van der Waals surface area contributed by atoms with Crippen LogP contribution < -0.4 is 10.6 Å². The molecule has 2 rings (SSSR count). The van der Waals surface area contributed by atoms with Crippen molar-refractivity contribution < 1.29 is 0 Å². The average molecular weight is 162 g/mol. The van der Waals surface area contributed by atoms with Crippen LogP contribution in [0.1, 0.15) is 5.56 Å². The number of hydrogen-bond acceptors (Lipinski definition) is 2. The molecule has 0 saturated heterocycles. The topological polar surface area (TPSA) is 24.1 Å². The lowest BCUT2D eigenvalue weighted by Gasteiger charge is -2.09. The zero-order valence-electron chi connectivity index (χ0n) is 7.30. The normalized spacial score (nSPS) is 20.2. The minimum Gasteiger partial charge on any atom is -0.380 e. The lowest BCUT2D eigenvalue weighted by Crippen LogP contribution is -2.28. The summed E-state index contributed by atoms with van der Waals surface area (Å²) in [6.07, 6.45) is 1.15. The molecular weight excluding hydrogens is 148 g/mol. The summed E-state index contributed by atoms with van der Waals surface area (Å²) in [7, 11) is 1.99. The summed E-state index contributed by atoms with van der Waals surface area (Å²) >= 11 is 0. The molecule has 1 unspecified atom stereocenters. The molecule has 0 bridgehead atoms. The van der Waals surface area contributed by atoms with E-state index in [1.165, 1.54) is 11.3 Å². The van der Waals surface area contributed by atoms with Gasteiger partial charge in [-0.25, -0.2) is 0 Å². The van der Waals surface area contributed by atoms with Gasteiger partial charge >= 0.3 is 0 Å². The van der Waals surface area contributed by atoms with Crippen LogP contribution in [0.25, 0.3) is 0 Å². The number of likely N-dealkylation sites (N-methyl/N-ethyl adjacent to an activating group) is 1. The first-order valence-corrected chi connectivity index (χ1v) is 4.39. The van der Waals surface area contributed by atoms with Crippen LogP contribution in [-0.2, 0) is 6.42 Å². The Labute approximate surface area is 73.0 Å². The molecule has 1 aliphatic rings. The molecule has 0 fully saturated rings. The third kappa shape index (κ3) is 1.30. The molecule has 2 nitrogen and oxygen atoms in total. The Balaban J connectivity index is 2.11. The molecule has 1 aliphatic heterocycles. The van der Waals surface area contributed by atoms with Crippen molar-refractivity contribution in [2.24, 2.45) is 0 Å². The molecule has 2 N–H and O–H groups in total. The average Bonchev–Trinajstić information content (AvgIpc) is 2.47. The minimum atomic E-state index is 0.576. The maximum Gasteiger partial charge on any atom is 0.0426 e. The van der Waals surface area contributed by atoms with Crippen molar-refractivity contribution in [3.63, 3.8) is 0 Å². The highest BCUT2D eigenvalue weighted by molar-refractivity contribution is 5.56. The van der Waals surface area contributed by atoms with Crippen molar-refractivity contribution in [1.29, 1.82) is 0 Å². The Morgan fingerprint density at radius 2 is 2.33 bits per heavy atom. The van der Waals surface area contributed by atoms with Crippen LogP contribution >= 0.6 is 0 Å². The summed E-state index contributed by atoms with van der Waals surface area (Å²) in [4.78, 5) is 0. The molecule has 2 heteroatoms. The van der Waals surface area contributed by atoms with E-state index >= 15 is 0 Å². The monoisotopic (exact) mass is 162 g/mol. The van der Waals surface area contributed by atoms with E-state index in [9.17, 15) is 0 Å². The molecule has 0 saturated carbocycles. The van der Waals surface area contributed by atoms with Crippen LogP contribution in [0.5, 0.6) is 0 Å². The van der Waals surface area contributed by atoms with Crippen LogP contribution in [0.4, 0.5) is 5.69 Å². The highest BCUT2D eigenvalue weighted by Gasteiger charge is 2.18. The fraction of sp³-hybridized carbons (Fsp3) is 0.400. The molecule has 1 aromatic carbocycles. The minimum absolute atomic E-state index is 0.576. The van der Waals surface area contributed by atoms with E-state index in [0.717, 1.165) is 13.0 Å². The van der Waals surface area contributed by atoms with Gasteiger partial charge in [-0.3, -0.25) is 0 Å². The molecule has 0 radical (unpaired) electrons. The maximum absolute atomic E-state index is 3.47. The van der Waals surface area contributed by atoms with E-state index < -0.39 is 0 Å². The van der Waals surface area contributed by atoms with Gasteiger partial charge in [0.25, 0.3) is 0 Å². The first-order chi connectivity index (χ1) is 5.90. The quantitative estimate of drug-likeness (QED) is 0.683. The number of rotatable bonds is 2. The molecule has 1 atom stereocenters. The SMILES string of the molecule is CNCC1Cc2ccccc2N1. The second-order valence-electron chi connectivity index (χ2n) is 3.26. The van der Waals surface area contributed by atoms with Crippen molar-refractivity contribution in [1.82, 2.24) is 5.32 Å². The molecule has 64 valence electrons. The molecule has 0 spiro atoms. The molecule has 0 aromatic heterocycles. The number of benzene rings is 1. The van der Waals surface area contributed by atoms with Crippen molar-refractivity contribution in [2.75, 3.05) is 18.9 Å². The lowest BCUT2D eigenvalue weighted by atomic mass is 10.1. The molecule has 1 heterocycles. The predicted molar refractivity (Wildman–Crippen MR) is 51.5 cm³/mol. The second kappa shape index (κ2) is 3.15. The first-order valence-electron chi connectivity index (χ1n) is 4.39. The Morgan fingerprint density at radius 1 is 1.50 bits per heavy atom. The van der Waals surface area contributed by atoms with Crippen molar-refractivity contribution >= 4 is 5.69 Å². The van der Waals surface area contributed by atoms with Gasteiger partial charge in [0, 0.05) is 18.3 Å². The summed E-state index contributed by atoms with van der Waals surface area (Å²) in [6, 6.07) is 9.09. The van der Waals surface area contributed by atoms with Crippen LogP contribution in [0.3, 0.4) is 0 Å². The third-order valence-electron chi connectivity index (χ3n) is 2.29. The molecule has 1 aromatic rings. The smallest absolute Gasteiger partial charge is 0.0426 e. The molecular formula is C10H14N2. The van der Waals surface area contributed by atoms with Gasteiger partial charge in [-0.1, -0.05) is 18.2 Å². The van der Waals surface area contributed by atoms with Gasteiger partial charge in [-0.05, 0) is 25.1 Å². The first kappa shape index (κ1) is 7.62. The van der Waals surface area contributed by atoms with E-state index in [0.29, 0.717) is 6.04 Å². The standard InChI is InChI=1S/C10H14N2/c1-11-7-9-6-8-4-2-3-5-10(8)12-9/h2-5,9,11-12H,6-7H2,1H3. The van der Waals surface area contributed by atoms with Crippen molar-refractivity contribution in [2.45, 2.75) is 12.5 Å². The third-order valence-corrected chi connectivity index (χ3v) is 2.29. The second-order valence-corrected chi connectivity index (χ2v) is 3.26. The van der Waals surface area contributed by atoms with Gasteiger partial charge in [0.05, 0.1) is 0 Å². The Morgan fingerprint density at radius 3 is 3.08 bits per heavy atom. The number of nitrogens with one attached hydrogen (secondary N) is 2. The Hall–Kier alpha value is -1.02. The van der Waals surface area contributed by atoms with E-state index in [4.69, 9.17) is 0 Å². The van der Waals surface area contributed by atoms with Crippen LogP contribution in [0, 0.1) is 0 Å². The molecule has 0 amide bonds. The summed E-state index contributed by atoms with van der Waals surface area (Å²) in [5.74, 6) is 0. The van der Waals surface area contributed by atoms with E-state index in [2.05, 4.69) is 34.9 Å². The van der Waals surface area contributed by atoms with Gasteiger partial charge in [0.1, 0.15) is 0 Å². The summed E-state index contributed by atoms with van der Waals surface area (Å²) in [5, 5.41) is 6.65. The molecule has 12 heavy (non-hydrogen) atoms. The Bertz CT molecular complexity index is 245. The number of para-hydroxylation sites is 1. The maximum atomic E-state index is 3.47. The fourth-order valence-electron chi connectivity index (χ4n) is 1.75. The summed E-state index contributed by atoms with van der Waals surface area (Å²) in [5.41, 5.74) is 2.75. The highest BCUT2D eigenvalue weighted by Crippen LogP contribution is 2.24. The van der Waals surface area contributed by atoms with E-state index in [1.807, 2.05) is 7.05 Å². The van der Waals surface area contributed by atoms with Crippen LogP contribution in [-0.4, -0.2) is 19.6 Å². The van der Waals surface area contributed by atoms with Gasteiger partial charge in [-0.15, -0.1) is 0 Å². The van der Waals surface area contributed by atoms with Gasteiger partial charge in [0.2, 0.25) is 0 Å². The van der Waals surface area contributed by atoms with Gasteiger partial charge < -0.3 is 10.6 Å². The van der Waals surface area contributed by atoms with Crippen molar-refractivity contribution in [3.8, 4) is 0 Å². The fourth-order valence-corrected chi connectivity index (χ4v) is 1.75. The Kier molecular flexibility index (Phi) is 2.00. The summed E-state index contributed by atoms with van der Waals surface area (Å²) in [6.45, 7) is 1.04. The van der Waals surface area contributed by atoms with E-state index in [1.54, 1.807) is 0 Å².